The van der Waals surface area contributed by atoms with Crippen molar-refractivity contribution in [1.29, 1.82) is 0 Å². The Labute approximate surface area is 216 Å². The number of hydrogen-bond acceptors (Lipinski definition) is 6. The molecule has 0 aliphatic rings. The van der Waals surface area contributed by atoms with E-state index < -0.39 is 12.3 Å². The fourth-order valence-electron chi connectivity index (χ4n) is 3.35. The van der Waals surface area contributed by atoms with Gasteiger partial charge in [-0.15, -0.1) is 0 Å². The first-order valence-electron chi connectivity index (χ1n) is 12.1. The van der Waals surface area contributed by atoms with Crippen molar-refractivity contribution in [2.24, 2.45) is 0 Å². The van der Waals surface area contributed by atoms with Crippen molar-refractivity contribution in [3.8, 4) is 11.5 Å². The summed E-state index contributed by atoms with van der Waals surface area (Å²) >= 11 is 0. The van der Waals surface area contributed by atoms with Gasteiger partial charge in [-0.05, 0) is 79.4 Å². The highest BCUT2D eigenvalue weighted by Gasteiger charge is 2.15. The molecule has 0 saturated carbocycles. The monoisotopic (exact) mass is 504 g/mol. The fraction of sp³-hybridized carbons (Fsp3) is 0.276. The van der Waals surface area contributed by atoms with Gasteiger partial charge in [0.1, 0.15) is 11.5 Å². The summed E-state index contributed by atoms with van der Waals surface area (Å²) in [6, 6.07) is 21.0. The topological polar surface area (TPSA) is 103 Å². The smallest absolute Gasteiger partial charge is 0.481 e. The Morgan fingerprint density at radius 3 is 2.03 bits per heavy atom. The zero-order valence-corrected chi connectivity index (χ0v) is 21.4. The zero-order chi connectivity index (χ0) is 26.8. The van der Waals surface area contributed by atoms with Crippen LogP contribution in [0.15, 0.2) is 72.8 Å². The van der Waals surface area contributed by atoms with Crippen LogP contribution in [0, 0.1) is 0 Å². The van der Waals surface area contributed by atoms with Crippen molar-refractivity contribution in [1.82, 2.24) is 5.32 Å². The summed E-state index contributed by atoms with van der Waals surface area (Å²) in [4.78, 5) is 36.3. The summed E-state index contributed by atoms with van der Waals surface area (Å²) in [5.74, 6) is 0.829. The molecule has 0 bridgehead atoms. The van der Waals surface area contributed by atoms with Crippen molar-refractivity contribution in [2.75, 3.05) is 11.9 Å². The van der Waals surface area contributed by atoms with Crippen molar-refractivity contribution in [3.05, 3.63) is 89.5 Å². The van der Waals surface area contributed by atoms with E-state index in [2.05, 4.69) is 24.5 Å². The second-order valence-corrected chi connectivity index (χ2v) is 8.66. The van der Waals surface area contributed by atoms with Crippen LogP contribution in [-0.4, -0.2) is 30.7 Å². The molecule has 0 aliphatic carbocycles. The molecule has 0 aromatic heterocycles. The van der Waals surface area contributed by atoms with Gasteiger partial charge in [0.25, 0.3) is 11.8 Å². The van der Waals surface area contributed by atoms with Gasteiger partial charge in [0.15, 0.2) is 6.10 Å². The lowest BCUT2D eigenvalue weighted by molar-refractivity contribution is -0.127. The molecule has 0 saturated heterocycles. The highest BCUT2D eigenvalue weighted by Crippen LogP contribution is 2.20. The maximum atomic E-state index is 12.5. The van der Waals surface area contributed by atoms with Gasteiger partial charge < -0.3 is 24.8 Å². The zero-order valence-electron chi connectivity index (χ0n) is 21.4. The average molecular weight is 505 g/mol. The molecule has 194 valence electrons. The lowest BCUT2D eigenvalue weighted by Gasteiger charge is -2.15. The summed E-state index contributed by atoms with van der Waals surface area (Å²) in [5, 5.41) is 5.67. The third kappa shape index (κ3) is 8.38. The predicted molar refractivity (Wildman–Crippen MR) is 141 cm³/mol. The minimum absolute atomic E-state index is 0.214. The largest absolute Gasteiger partial charge is 0.513 e. The summed E-state index contributed by atoms with van der Waals surface area (Å²) in [6.07, 6.45) is -1.44. The maximum absolute atomic E-state index is 12.5. The molecule has 0 aliphatic heterocycles. The van der Waals surface area contributed by atoms with E-state index in [0.717, 1.165) is 5.56 Å². The van der Waals surface area contributed by atoms with Crippen LogP contribution in [-0.2, 0) is 16.1 Å². The Morgan fingerprint density at radius 2 is 1.43 bits per heavy atom. The Bertz CT molecular complexity index is 1190. The van der Waals surface area contributed by atoms with Gasteiger partial charge in [-0.25, -0.2) is 4.79 Å². The van der Waals surface area contributed by atoms with Crippen LogP contribution in [0.25, 0.3) is 0 Å². The van der Waals surface area contributed by atoms with Crippen LogP contribution in [0.2, 0.25) is 0 Å². The number of nitrogens with one attached hydrogen (secondary N) is 2. The van der Waals surface area contributed by atoms with E-state index in [1.165, 1.54) is 17.7 Å². The van der Waals surface area contributed by atoms with Crippen LogP contribution in [0.5, 0.6) is 11.5 Å². The molecule has 0 spiro atoms. The van der Waals surface area contributed by atoms with E-state index in [4.69, 9.17) is 14.2 Å². The fourth-order valence-corrected chi connectivity index (χ4v) is 3.35. The molecule has 0 radical (unpaired) electrons. The molecule has 0 fully saturated rings. The molecule has 37 heavy (non-hydrogen) atoms. The van der Waals surface area contributed by atoms with Gasteiger partial charge in [-0.3, -0.25) is 9.59 Å². The number of hydrogen-bond donors (Lipinski definition) is 2. The van der Waals surface area contributed by atoms with Crippen LogP contribution in [0.3, 0.4) is 0 Å². The number of benzene rings is 3. The third-order valence-electron chi connectivity index (χ3n) is 5.49. The Morgan fingerprint density at radius 1 is 0.811 bits per heavy atom. The number of ether oxygens (including phenoxy) is 3. The normalized spacial score (nSPS) is 11.4. The Kier molecular flexibility index (Phi) is 9.66. The minimum Gasteiger partial charge on any atom is -0.481 e. The first-order chi connectivity index (χ1) is 17.7. The average Bonchev–Trinajstić information content (AvgIpc) is 2.89. The Balaban J connectivity index is 1.46. The van der Waals surface area contributed by atoms with Crippen LogP contribution in [0.4, 0.5) is 10.5 Å². The van der Waals surface area contributed by atoms with E-state index >= 15 is 0 Å². The second-order valence-electron chi connectivity index (χ2n) is 8.66. The predicted octanol–water partition coefficient (Wildman–Crippen LogP) is 5.68. The van der Waals surface area contributed by atoms with E-state index in [1.54, 1.807) is 38.1 Å². The lowest BCUT2D eigenvalue weighted by atomic mass is 10.0. The second kappa shape index (κ2) is 13.1. The third-order valence-corrected chi connectivity index (χ3v) is 5.49. The molecule has 2 N–H and O–H groups in total. The molecule has 1 unspecified atom stereocenters. The number of carbonyl (C=O) groups excluding carboxylic acids is 3. The molecule has 3 aromatic carbocycles. The van der Waals surface area contributed by atoms with Gasteiger partial charge in [-0.2, -0.15) is 0 Å². The molecule has 8 nitrogen and oxygen atoms in total. The van der Waals surface area contributed by atoms with E-state index in [9.17, 15) is 14.4 Å². The number of rotatable bonds is 10. The van der Waals surface area contributed by atoms with Crippen molar-refractivity contribution < 1.29 is 28.6 Å². The summed E-state index contributed by atoms with van der Waals surface area (Å²) < 4.78 is 15.5. The van der Waals surface area contributed by atoms with Crippen molar-refractivity contribution in [3.63, 3.8) is 0 Å². The van der Waals surface area contributed by atoms with Gasteiger partial charge >= 0.3 is 6.16 Å². The Hall–Kier alpha value is -4.33. The quantitative estimate of drug-likeness (QED) is 0.272. The summed E-state index contributed by atoms with van der Waals surface area (Å²) in [6.45, 7) is 8.18. The number of carbonyl (C=O) groups is 3. The van der Waals surface area contributed by atoms with E-state index in [0.29, 0.717) is 29.5 Å². The first-order valence-corrected chi connectivity index (χ1v) is 12.1. The molecular weight excluding hydrogens is 472 g/mol. The van der Waals surface area contributed by atoms with Gasteiger partial charge in [0, 0.05) is 17.8 Å². The minimum atomic E-state index is -0.797. The first kappa shape index (κ1) is 27.3. The molecule has 0 heterocycles. The van der Waals surface area contributed by atoms with Crippen LogP contribution < -0.4 is 20.1 Å². The van der Waals surface area contributed by atoms with Gasteiger partial charge in [-0.1, -0.05) is 38.1 Å². The summed E-state index contributed by atoms with van der Waals surface area (Å²) in [5.41, 5.74) is 3.09. The van der Waals surface area contributed by atoms with Crippen molar-refractivity contribution in [2.45, 2.75) is 46.3 Å². The maximum Gasteiger partial charge on any atom is 0.513 e. The van der Waals surface area contributed by atoms with Crippen molar-refractivity contribution >= 4 is 23.7 Å². The highest BCUT2D eigenvalue weighted by molar-refractivity contribution is 6.04. The molecule has 8 heteroatoms. The van der Waals surface area contributed by atoms with Gasteiger partial charge in [0.05, 0.1) is 6.61 Å². The molecule has 1 atom stereocenters. The number of anilines is 1. The molecule has 2 amide bonds. The lowest BCUT2D eigenvalue weighted by Crippen LogP contribution is -2.35. The molecular formula is C29H32N2O6. The number of amides is 2. The van der Waals surface area contributed by atoms with Crippen LogP contribution in [0.1, 0.15) is 55.1 Å². The molecule has 3 aromatic rings. The van der Waals surface area contributed by atoms with Gasteiger partial charge in [0.2, 0.25) is 0 Å². The van der Waals surface area contributed by atoms with E-state index in [-0.39, 0.29) is 24.2 Å². The summed E-state index contributed by atoms with van der Waals surface area (Å²) in [7, 11) is 0. The molecule has 3 rings (SSSR count). The SMILES string of the molecule is CCOC(=O)Oc1ccc(C(=O)Nc2ccc(CNC(=O)C(C)Oc3ccc(C(C)C)cc3)cc2)cc1. The van der Waals surface area contributed by atoms with Crippen LogP contribution >= 0.6 is 0 Å². The highest BCUT2D eigenvalue weighted by atomic mass is 16.7. The van der Waals surface area contributed by atoms with E-state index in [1.807, 2.05) is 36.4 Å². The standard InChI is InChI=1S/C29H32N2O6/c1-5-35-29(34)37-26-16-10-23(11-17-26)28(33)31-24-12-6-21(7-13-24)18-30-27(32)20(4)36-25-14-8-22(9-15-25)19(2)3/h6-17,19-20H,5,18H2,1-4H3,(H,30,32)(H,31,33).